The molecule has 0 atom stereocenters. The standard InChI is InChI=1S/C8H11BrN2/c1-2-5-3-4-6(9)8(11)7(5)10/h3-4H,2,10-11H2,1H3. The highest BCUT2D eigenvalue weighted by atomic mass is 79.9. The van der Waals surface area contributed by atoms with E-state index < -0.39 is 0 Å². The van der Waals surface area contributed by atoms with Gasteiger partial charge >= 0.3 is 0 Å². The number of halogens is 1. The van der Waals surface area contributed by atoms with Crippen LogP contribution >= 0.6 is 15.9 Å². The molecular weight excluding hydrogens is 204 g/mol. The SMILES string of the molecule is CCc1ccc(Br)c(N)c1N. The van der Waals surface area contributed by atoms with Gasteiger partial charge in [0.1, 0.15) is 0 Å². The van der Waals surface area contributed by atoms with Gasteiger partial charge in [-0.05, 0) is 34.0 Å². The van der Waals surface area contributed by atoms with Crippen molar-refractivity contribution < 1.29 is 0 Å². The van der Waals surface area contributed by atoms with Gasteiger partial charge in [0.15, 0.2) is 0 Å². The molecular formula is C8H11BrN2. The van der Waals surface area contributed by atoms with Crippen LogP contribution in [0, 0.1) is 0 Å². The second-order valence-corrected chi connectivity index (χ2v) is 3.24. The summed E-state index contributed by atoms with van der Waals surface area (Å²) in [4.78, 5) is 0. The molecule has 1 rings (SSSR count). The van der Waals surface area contributed by atoms with Crippen molar-refractivity contribution in [3.05, 3.63) is 22.2 Å². The molecule has 0 unspecified atom stereocenters. The highest BCUT2D eigenvalue weighted by Crippen LogP contribution is 2.28. The fraction of sp³-hybridized carbons (Fsp3) is 0.250. The zero-order valence-corrected chi connectivity index (χ0v) is 7.98. The average Bonchev–Trinajstić information content (AvgIpc) is 2.01. The predicted octanol–water partition coefficient (Wildman–Crippen LogP) is 2.18. The molecule has 0 saturated carbocycles. The average molecular weight is 215 g/mol. The van der Waals surface area contributed by atoms with Gasteiger partial charge in [-0.25, -0.2) is 0 Å². The molecule has 1 aromatic rings. The summed E-state index contributed by atoms with van der Waals surface area (Å²) in [6.07, 6.45) is 0.920. The summed E-state index contributed by atoms with van der Waals surface area (Å²) < 4.78 is 0.868. The maximum Gasteiger partial charge on any atom is 0.0694 e. The van der Waals surface area contributed by atoms with Gasteiger partial charge in [-0.3, -0.25) is 0 Å². The van der Waals surface area contributed by atoms with Crippen LogP contribution in [0.15, 0.2) is 16.6 Å². The van der Waals surface area contributed by atoms with Crippen LogP contribution in [0.4, 0.5) is 11.4 Å². The molecule has 2 nitrogen and oxygen atoms in total. The summed E-state index contributed by atoms with van der Waals surface area (Å²) in [5, 5.41) is 0. The van der Waals surface area contributed by atoms with Gasteiger partial charge in [0.2, 0.25) is 0 Å². The van der Waals surface area contributed by atoms with E-state index in [2.05, 4.69) is 22.9 Å². The van der Waals surface area contributed by atoms with E-state index in [-0.39, 0.29) is 0 Å². The first kappa shape index (κ1) is 8.40. The number of nitrogens with two attached hydrogens (primary N) is 2. The number of nitrogen functional groups attached to an aromatic ring is 2. The Morgan fingerprint density at radius 3 is 2.45 bits per heavy atom. The first-order valence-electron chi connectivity index (χ1n) is 3.49. The zero-order valence-electron chi connectivity index (χ0n) is 6.39. The molecule has 0 aliphatic rings. The highest BCUT2D eigenvalue weighted by Gasteiger charge is 2.03. The minimum absolute atomic E-state index is 0.643. The Labute approximate surface area is 74.7 Å². The van der Waals surface area contributed by atoms with Crippen molar-refractivity contribution in [3.8, 4) is 0 Å². The number of hydrogen-bond acceptors (Lipinski definition) is 2. The maximum atomic E-state index is 5.74. The van der Waals surface area contributed by atoms with Crippen LogP contribution < -0.4 is 11.5 Å². The van der Waals surface area contributed by atoms with E-state index >= 15 is 0 Å². The lowest BCUT2D eigenvalue weighted by Crippen LogP contribution is -1.99. The van der Waals surface area contributed by atoms with E-state index in [1.54, 1.807) is 0 Å². The Morgan fingerprint density at radius 2 is 1.91 bits per heavy atom. The van der Waals surface area contributed by atoms with Crippen molar-refractivity contribution in [3.63, 3.8) is 0 Å². The van der Waals surface area contributed by atoms with Gasteiger partial charge in [0.25, 0.3) is 0 Å². The van der Waals surface area contributed by atoms with Crippen LogP contribution in [0.3, 0.4) is 0 Å². The molecule has 3 heteroatoms. The zero-order chi connectivity index (χ0) is 8.43. The van der Waals surface area contributed by atoms with Crippen molar-refractivity contribution in [2.75, 3.05) is 11.5 Å². The molecule has 11 heavy (non-hydrogen) atoms. The van der Waals surface area contributed by atoms with Crippen molar-refractivity contribution in [1.29, 1.82) is 0 Å². The van der Waals surface area contributed by atoms with Gasteiger partial charge in [-0.1, -0.05) is 13.0 Å². The lowest BCUT2D eigenvalue weighted by atomic mass is 10.1. The van der Waals surface area contributed by atoms with Gasteiger partial charge in [0, 0.05) is 4.47 Å². The van der Waals surface area contributed by atoms with E-state index in [4.69, 9.17) is 11.5 Å². The summed E-state index contributed by atoms with van der Waals surface area (Å²) in [6, 6.07) is 3.90. The molecule has 60 valence electrons. The Balaban J connectivity index is 3.25. The Kier molecular flexibility index (Phi) is 2.39. The minimum Gasteiger partial charge on any atom is -0.397 e. The molecule has 4 N–H and O–H groups in total. The molecule has 0 spiro atoms. The third kappa shape index (κ3) is 1.48. The molecule has 0 amide bonds. The molecule has 0 bridgehead atoms. The molecule has 0 fully saturated rings. The summed E-state index contributed by atoms with van der Waals surface area (Å²) in [6.45, 7) is 2.05. The normalized spacial score (nSPS) is 10.0. The van der Waals surface area contributed by atoms with Gasteiger partial charge in [-0.2, -0.15) is 0 Å². The van der Waals surface area contributed by atoms with Crippen LogP contribution in [0.1, 0.15) is 12.5 Å². The fourth-order valence-corrected chi connectivity index (χ4v) is 1.31. The lowest BCUT2D eigenvalue weighted by Gasteiger charge is -2.06. The summed E-state index contributed by atoms with van der Waals surface area (Å²) in [5.41, 5.74) is 13.9. The topological polar surface area (TPSA) is 52.0 Å². The minimum atomic E-state index is 0.643. The molecule has 0 heterocycles. The third-order valence-corrected chi connectivity index (χ3v) is 2.40. The van der Waals surface area contributed by atoms with E-state index in [1.165, 1.54) is 0 Å². The van der Waals surface area contributed by atoms with E-state index in [9.17, 15) is 0 Å². The molecule has 0 aliphatic carbocycles. The van der Waals surface area contributed by atoms with Crippen LogP contribution in [0.25, 0.3) is 0 Å². The van der Waals surface area contributed by atoms with Gasteiger partial charge in [0.05, 0.1) is 11.4 Å². The van der Waals surface area contributed by atoms with Crippen LogP contribution in [-0.4, -0.2) is 0 Å². The lowest BCUT2D eigenvalue weighted by molar-refractivity contribution is 1.14. The Hall–Kier alpha value is -0.700. The molecule has 0 aliphatic heterocycles. The molecule has 0 saturated heterocycles. The maximum absolute atomic E-state index is 5.74. The largest absolute Gasteiger partial charge is 0.397 e. The van der Waals surface area contributed by atoms with Crippen molar-refractivity contribution in [2.45, 2.75) is 13.3 Å². The second-order valence-electron chi connectivity index (χ2n) is 2.39. The second kappa shape index (κ2) is 3.13. The molecule has 1 aromatic carbocycles. The quantitative estimate of drug-likeness (QED) is 0.705. The molecule has 0 aromatic heterocycles. The summed E-state index contributed by atoms with van der Waals surface area (Å²) in [5.74, 6) is 0. The van der Waals surface area contributed by atoms with Crippen LogP contribution in [0.2, 0.25) is 0 Å². The first-order chi connectivity index (χ1) is 5.16. The van der Waals surface area contributed by atoms with Crippen LogP contribution in [0.5, 0.6) is 0 Å². The number of aryl methyl sites for hydroxylation is 1. The van der Waals surface area contributed by atoms with Crippen molar-refractivity contribution >= 4 is 27.3 Å². The smallest absolute Gasteiger partial charge is 0.0694 e. The predicted molar refractivity (Wildman–Crippen MR) is 52.3 cm³/mol. The summed E-state index contributed by atoms with van der Waals surface area (Å²) in [7, 11) is 0. The van der Waals surface area contributed by atoms with Crippen molar-refractivity contribution in [2.24, 2.45) is 0 Å². The van der Waals surface area contributed by atoms with Gasteiger partial charge < -0.3 is 11.5 Å². The Bertz CT molecular complexity index is 271. The number of anilines is 2. The van der Waals surface area contributed by atoms with Crippen LogP contribution in [-0.2, 0) is 6.42 Å². The van der Waals surface area contributed by atoms with E-state index in [0.717, 1.165) is 16.5 Å². The number of hydrogen-bond donors (Lipinski definition) is 2. The van der Waals surface area contributed by atoms with E-state index in [0.29, 0.717) is 11.4 Å². The first-order valence-corrected chi connectivity index (χ1v) is 4.28. The summed E-state index contributed by atoms with van der Waals surface area (Å²) >= 11 is 3.30. The number of benzene rings is 1. The van der Waals surface area contributed by atoms with E-state index in [1.807, 2.05) is 12.1 Å². The Morgan fingerprint density at radius 1 is 1.27 bits per heavy atom. The monoisotopic (exact) mass is 214 g/mol. The molecule has 0 radical (unpaired) electrons. The third-order valence-electron chi connectivity index (χ3n) is 1.71. The van der Waals surface area contributed by atoms with Gasteiger partial charge in [-0.15, -0.1) is 0 Å². The highest BCUT2D eigenvalue weighted by molar-refractivity contribution is 9.10. The number of rotatable bonds is 1. The fourth-order valence-electron chi connectivity index (χ4n) is 0.963. The van der Waals surface area contributed by atoms with Crippen molar-refractivity contribution in [1.82, 2.24) is 0 Å².